The van der Waals surface area contributed by atoms with Crippen LogP contribution in [0.5, 0.6) is 5.75 Å². The Morgan fingerprint density at radius 1 is 0.951 bits per heavy atom. The Balaban J connectivity index is 1.64. The molecule has 0 N–H and O–H groups in total. The minimum Gasteiger partial charge on any atom is -0.497 e. The molecule has 0 saturated heterocycles. The zero-order valence-electron chi connectivity index (χ0n) is 22.9. The molecule has 0 saturated carbocycles. The van der Waals surface area contributed by atoms with Crippen LogP contribution in [0.1, 0.15) is 46.4 Å². The lowest BCUT2D eigenvalue weighted by Gasteiger charge is -2.14. The van der Waals surface area contributed by atoms with Gasteiger partial charge in [0.1, 0.15) is 27.5 Å². The number of aromatic nitrogens is 5. The molecule has 2 aromatic carbocycles. The van der Waals surface area contributed by atoms with Gasteiger partial charge in [-0.25, -0.2) is 19.7 Å². The summed E-state index contributed by atoms with van der Waals surface area (Å²) >= 11 is 1.49. The lowest BCUT2D eigenvalue weighted by Crippen LogP contribution is -2.25. The molecule has 10 heteroatoms. The normalized spacial score (nSPS) is 13.1. The van der Waals surface area contributed by atoms with E-state index in [9.17, 15) is 9.59 Å². The Kier molecular flexibility index (Phi) is 6.08. The smallest absolute Gasteiger partial charge is 0.341 e. The van der Waals surface area contributed by atoms with Crippen LogP contribution in [0.2, 0.25) is 0 Å². The van der Waals surface area contributed by atoms with Crippen molar-refractivity contribution in [1.82, 2.24) is 24.1 Å². The van der Waals surface area contributed by atoms with Crippen molar-refractivity contribution in [3.8, 4) is 16.4 Å². The number of ether oxygens (including phenoxy) is 2. The molecule has 1 aliphatic rings. The number of hydrogen-bond donors (Lipinski definition) is 0. The van der Waals surface area contributed by atoms with Gasteiger partial charge >= 0.3 is 5.97 Å². The van der Waals surface area contributed by atoms with Crippen molar-refractivity contribution in [2.75, 3.05) is 14.2 Å². The first-order valence-electron chi connectivity index (χ1n) is 13.6. The molecule has 0 fully saturated rings. The Morgan fingerprint density at radius 2 is 1.73 bits per heavy atom. The van der Waals surface area contributed by atoms with Crippen molar-refractivity contribution in [3.63, 3.8) is 0 Å². The van der Waals surface area contributed by atoms with Crippen molar-refractivity contribution < 1.29 is 14.3 Å². The van der Waals surface area contributed by atoms with E-state index in [2.05, 4.69) is 0 Å². The molecule has 0 aliphatic heterocycles. The summed E-state index contributed by atoms with van der Waals surface area (Å²) in [7, 11) is 3.00. The topological polar surface area (TPSA) is 101 Å². The minimum absolute atomic E-state index is 0.285. The Hall–Kier alpha value is -4.57. The van der Waals surface area contributed by atoms with Gasteiger partial charge in [0.25, 0.3) is 5.56 Å². The largest absolute Gasteiger partial charge is 0.497 e. The van der Waals surface area contributed by atoms with Crippen LogP contribution in [-0.2, 0) is 24.0 Å². The average Bonchev–Trinajstić information content (AvgIpc) is 3.54. The average molecular weight is 566 g/mol. The van der Waals surface area contributed by atoms with Crippen molar-refractivity contribution in [1.29, 1.82) is 0 Å². The molecule has 0 spiro atoms. The summed E-state index contributed by atoms with van der Waals surface area (Å²) in [5, 5.41) is 0.913. The maximum Gasteiger partial charge on any atom is 0.341 e. The number of thiophene rings is 1. The molecule has 41 heavy (non-hydrogen) atoms. The molecule has 0 unspecified atom stereocenters. The van der Waals surface area contributed by atoms with Gasteiger partial charge in [0.15, 0.2) is 11.3 Å². The number of para-hydroxylation sites is 2. The zero-order chi connectivity index (χ0) is 28.2. The first kappa shape index (κ1) is 25.4. The minimum atomic E-state index is -0.432. The number of methoxy groups -OCH3 is 2. The van der Waals surface area contributed by atoms with Gasteiger partial charge in [-0.15, -0.1) is 11.3 Å². The molecule has 0 bridgehead atoms. The van der Waals surface area contributed by atoms with Crippen molar-refractivity contribution in [2.24, 2.45) is 0 Å². The second kappa shape index (κ2) is 9.81. The number of aryl methyl sites for hydroxylation is 2. The quantitative estimate of drug-likeness (QED) is 0.252. The van der Waals surface area contributed by atoms with E-state index < -0.39 is 5.97 Å². The van der Waals surface area contributed by atoms with Crippen molar-refractivity contribution in [2.45, 2.75) is 39.0 Å². The standard InChI is InChI=1S/C31H27N5O4S/c1-4-23-34-27-25(29(37)36(23)30-24(31(38)40-3)19-12-5-8-15-22(19)41-30)26-28(33-21-14-7-6-13-20(21)32-26)35(27)17-10-9-11-18(16-17)39-2/h6-7,9-11,13-14,16H,4-5,8,12,15H2,1-3H3. The summed E-state index contributed by atoms with van der Waals surface area (Å²) in [6.07, 6.45) is 4.18. The second-order valence-corrected chi connectivity index (χ2v) is 11.1. The molecule has 4 heterocycles. The van der Waals surface area contributed by atoms with Crippen LogP contribution in [0.4, 0.5) is 0 Å². The maximum absolute atomic E-state index is 14.7. The van der Waals surface area contributed by atoms with Gasteiger partial charge in [0.2, 0.25) is 0 Å². The lowest BCUT2D eigenvalue weighted by molar-refractivity contribution is 0.0600. The van der Waals surface area contributed by atoms with E-state index in [1.54, 1.807) is 11.7 Å². The van der Waals surface area contributed by atoms with Crippen LogP contribution in [-0.4, -0.2) is 44.3 Å². The van der Waals surface area contributed by atoms with Crippen LogP contribution in [0.25, 0.3) is 43.9 Å². The van der Waals surface area contributed by atoms with Crippen LogP contribution in [0, 0.1) is 0 Å². The van der Waals surface area contributed by atoms with E-state index in [-0.39, 0.29) is 5.56 Å². The van der Waals surface area contributed by atoms with Crippen LogP contribution < -0.4 is 10.3 Å². The molecule has 0 atom stereocenters. The number of hydrogen-bond acceptors (Lipinski definition) is 8. The SMILES string of the molecule is CCc1nc2c(c(=O)n1-c1sc3c(c1C(=O)OC)CCCC3)c1nc3ccccc3nc1n2-c1cccc(OC)c1. The molecular formula is C31H27N5O4S. The number of rotatable bonds is 5. The zero-order valence-corrected chi connectivity index (χ0v) is 23.7. The van der Waals surface area contributed by atoms with E-state index in [4.69, 9.17) is 24.4 Å². The molecule has 7 rings (SSSR count). The van der Waals surface area contributed by atoms with Gasteiger partial charge in [-0.2, -0.15) is 0 Å². The highest BCUT2D eigenvalue weighted by Crippen LogP contribution is 2.38. The van der Waals surface area contributed by atoms with Gasteiger partial charge in [-0.3, -0.25) is 13.9 Å². The van der Waals surface area contributed by atoms with Gasteiger partial charge < -0.3 is 9.47 Å². The van der Waals surface area contributed by atoms with Crippen LogP contribution in [0.3, 0.4) is 0 Å². The van der Waals surface area contributed by atoms with E-state index >= 15 is 0 Å². The molecule has 1 aliphatic carbocycles. The van der Waals surface area contributed by atoms with Gasteiger partial charge in [0, 0.05) is 17.4 Å². The van der Waals surface area contributed by atoms with Crippen LogP contribution in [0.15, 0.2) is 53.3 Å². The second-order valence-electron chi connectivity index (χ2n) is 10.0. The van der Waals surface area contributed by atoms with Crippen molar-refractivity contribution in [3.05, 3.63) is 80.7 Å². The number of carbonyl (C=O) groups excluding carboxylic acids is 1. The molecule has 9 nitrogen and oxygen atoms in total. The third-order valence-electron chi connectivity index (χ3n) is 7.72. The predicted molar refractivity (Wildman–Crippen MR) is 159 cm³/mol. The number of fused-ring (bicyclic) bond motifs is 5. The summed E-state index contributed by atoms with van der Waals surface area (Å²) < 4.78 is 14.2. The Morgan fingerprint density at radius 3 is 2.49 bits per heavy atom. The van der Waals surface area contributed by atoms with E-state index in [0.717, 1.165) is 41.8 Å². The van der Waals surface area contributed by atoms with Gasteiger partial charge in [0.05, 0.1) is 36.5 Å². The summed E-state index contributed by atoms with van der Waals surface area (Å²) in [6, 6.07) is 15.2. The lowest BCUT2D eigenvalue weighted by atomic mass is 9.95. The first-order valence-corrected chi connectivity index (χ1v) is 14.5. The Labute approximate surface area is 239 Å². The summed E-state index contributed by atoms with van der Waals surface area (Å²) in [5.41, 5.74) is 4.75. The number of nitrogens with zero attached hydrogens (tertiary/aromatic N) is 5. The summed E-state index contributed by atoms with van der Waals surface area (Å²) in [5.74, 6) is 0.781. The highest BCUT2D eigenvalue weighted by molar-refractivity contribution is 7.15. The van der Waals surface area contributed by atoms with Crippen molar-refractivity contribution >= 4 is 50.5 Å². The maximum atomic E-state index is 14.7. The molecule has 6 aromatic rings. The van der Waals surface area contributed by atoms with E-state index in [1.165, 1.54) is 18.4 Å². The Bertz CT molecular complexity index is 2070. The fourth-order valence-electron chi connectivity index (χ4n) is 5.80. The molecule has 4 aromatic heterocycles. The third kappa shape index (κ3) is 3.85. The molecule has 206 valence electrons. The molecule has 0 amide bonds. The summed E-state index contributed by atoms with van der Waals surface area (Å²) in [6.45, 7) is 1.96. The number of carbonyl (C=O) groups is 1. The number of esters is 1. The fourth-order valence-corrected chi connectivity index (χ4v) is 7.19. The van der Waals surface area contributed by atoms with E-state index in [0.29, 0.717) is 61.8 Å². The fraction of sp³-hybridized carbons (Fsp3) is 0.258. The highest BCUT2D eigenvalue weighted by atomic mass is 32.1. The third-order valence-corrected chi connectivity index (χ3v) is 9.00. The number of benzene rings is 2. The monoisotopic (exact) mass is 565 g/mol. The van der Waals surface area contributed by atoms with E-state index in [1.807, 2.05) is 60.0 Å². The first-order chi connectivity index (χ1) is 20.0. The molecular weight excluding hydrogens is 538 g/mol. The summed E-state index contributed by atoms with van der Waals surface area (Å²) in [4.78, 5) is 43.9. The van der Waals surface area contributed by atoms with Gasteiger partial charge in [-0.1, -0.05) is 25.1 Å². The molecule has 0 radical (unpaired) electrons. The highest BCUT2D eigenvalue weighted by Gasteiger charge is 2.30. The predicted octanol–water partition coefficient (Wildman–Crippen LogP) is 5.57. The van der Waals surface area contributed by atoms with Gasteiger partial charge in [-0.05, 0) is 55.5 Å². The van der Waals surface area contributed by atoms with Crippen LogP contribution >= 0.6 is 11.3 Å².